The van der Waals surface area contributed by atoms with Crippen LogP contribution in [0, 0.1) is 5.92 Å². The van der Waals surface area contributed by atoms with Crippen molar-refractivity contribution in [1.82, 2.24) is 25.4 Å². The molecule has 1 aromatic heterocycles. The molecule has 0 unspecified atom stereocenters. The van der Waals surface area contributed by atoms with Gasteiger partial charge in [0.15, 0.2) is 5.96 Å². The van der Waals surface area contributed by atoms with Crippen LogP contribution in [0.2, 0.25) is 0 Å². The van der Waals surface area contributed by atoms with E-state index in [4.69, 9.17) is 4.74 Å². The molecule has 21 heavy (non-hydrogen) atoms. The van der Waals surface area contributed by atoms with Crippen molar-refractivity contribution < 1.29 is 4.74 Å². The quantitative estimate of drug-likeness (QED) is 0.403. The molecule has 0 amide bonds. The summed E-state index contributed by atoms with van der Waals surface area (Å²) in [6, 6.07) is 0. The van der Waals surface area contributed by atoms with Crippen molar-refractivity contribution in [3.8, 4) is 0 Å². The molecule has 0 aliphatic rings. The number of nitrogens with one attached hydrogen (secondary N) is 2. The van der Waals surface area contributed by atoms with Gasteiger partial charge in [-0.3, -0.25) is 4.68 Å². The number of aromatic nitrogens is 3. The van der Waals surface area contributed by atoms with Gasteiger partial charge in [0.05, 0.1) is 0 Å². The minimum absolute atomic E-state index is 0.510. The highest BCUT2D eigenvalue weighted by molar-refractivity contribution is 5.79. The molecule has 0 aliphatic heterocycles. The van der Waals surface area contributed by atoms with E-state index in [0.29, 0.717) is 12.5 Å². The Morgan fingerprint density at radius 2 is 2.24 bits per heavy atom. The maximum atomic E-state index is 5.55. The third-order valence-electron chi connectivity index (χ3n) is 2.74. The number of aliphatic imine (C=N–C) groups is 1. The van der Waals surface area contributed by atoms with Gasteiger partial charge < -0.3 is 15.4 Å². The molecule has 2 N–H and O–H groups in total. The molecule has 1 rings (SSSR count). The van der Waals surface area contributed by atoms with Gasteiger partial charge >= 0.3 is 0 Å². The van der Waals surface area contributed by atoms with E-state index in [1.165, 1.54) is 6.33 Å². The maximum absolute atomic E-state index is 5.55. The number of nitrogens with zero attached hydrogens (tertiary/aromatic N) is 4. The van der Waals surface area contributed by atoms with Gasteiger partial charge in [-0.25, -0.2) is 9.98 Å². The highest BCUT2D eigenvalue weighted by Gasteiger charge is 2.01. The first kappa shape index (κ1) is 17.4. The van der Waals surface area contributed by atoms with Gasteiger partial charge in [-0.05, 0) is 19.3 Å². The Balaban J connectivity index is 2.27. The van der Waals surface area contributed by atoms with Crippen molar-refractivity contribution in [3.05, 3.63) is 12.2 Å². The van der Waals surface area contributed by atoms with Crippen LogP contribution in [0.25, 0.3) is 0 Å². The van der Waals surface area contributed by atoms with E-state index in [9.17, 15) is 0 Å². The molecule has 0 fully saturated rings. The van der Waals surface area contributed by atoms with Crippen molar-refractivity contribution in [2.75, 3.05) is 26.3 Å². The van der Waals surface area contributed by atoms with Gasteiger partial charge in [-0.1, -0.05) is 13.8 Å². The number of guanidine groups is 1. The van der Waals surface area contributed by atoms with Gasteiger partial charge in [-0.15, -0.1) is 0 Å². The van der Waals surface area contributed by atoms with Crippen molar-refractivity contribution >= 4 is 5.96 Å². The van der Waals surface area contributed by atoms with E-state index in [2.05, 4.69) is 39.6 Å². The zero-order valence-corrected chi connectivity index (χ0v) is 13.6. The summed E-state index contributed by atoms with van der Waals surface area (Å²) in [6.07, 6.45) is 2.50. The molecule has 0 saturated carbocycles. The molecule has 0 atom stereocenters. The third-order valence-corrected chi connectivity index (χ3v) is 2.74. The van der Waals surface area contributed by atoms with Crippen LogP contribution in [0.15, 0.2) is 11.3 Å². The van der Waals surface area contributed by atoms with Crippen LogP contribution in [0.3, 0.4) is 0 Å². The Hall–Kier alpha value is -1.63. The fourth-order valence-corrected chi connectivity index (χ4v) is 1.65. The predicted molar refractivity (Wildman–Crippen MR) is 84.1 cm³/mol. The summed E-state index contributed by atoms with van der Waals surface area (Å²) < 4.78 is 7.28. The molecule has 0 aliphatic carbocycles. The van der Waals surface area contributed by atoms with E-state index in [-0.39, 0.29) is 0 Å². The van der Waals surface area contributed by atoms with Crippen molar-refractivity contribution in [2.45, 2.75) is 33.7 Å². The van der Waals surface area contributed by atoms with Crippen LogP contribution < -0.4 is 10.6 Å². The smallest absolute Gasteiger partial charge is 0.191 e. The second-order valence-electron chi connectivity index (χ2n) is 5.24. The largest absolute Gasteiger partial charge is 0.381 e. The standard InChI is InChI=1S/C14H28N6O/c1-5-15-14(16-7-6-8-21-10-12(2)3)17-9-13-18-11-19-20(13)4/h11-12H,5-10H2,1-4H3,(H2,15,16,17). The molecule has 0 bridgehead atoms. The third kappa shape index (κ3) is 7.65. The second-order valence-corrected chi connectivity index (χ2v) is 5.24. The number of hydrogen-bond acceptors (Lipinski definition) is 4. The molecular formula is C14H28N6O. The van der Waals surface area contributed by atoms with Crippen LogP contribution in [-0.2, 0) is 18.3 Å². The summed E-state index contributed by atoms with van der Waals surface area (Å²) in [7, 11) is 1.87. The first-order chi connectivity index (χ1) is 10.1. The fraction of sp³-hybridized carbons (Fsp3) is 0.786. The van der Waals surface area contributed by atoms with Gasteiger partial charge in [0, 0.05) is 33.4 Å². The average Bonchev–Trinajstić information content (AvgIpc) is 2.85. The molecule has 0 aromatic carbocycles. The van der Waals surface area contributed by atoms with E-state index >= 15 is 0 Å². The fourth-order valence-electron chi connectivity index (χ4n) is 1.65. The summed E-state index contributed by atoms with van der Waals surface area (Å²) in [5, 5.41) is 10.5. The van der Waals surface area contributed by atoms with Gasteiger partial charge in [0.25, 0.3) is 0 Å². The van der Waals surface area contributed by atoms with Crippen LogP contribution in [0.4, 0.5) is 0 Å². The number of aryl methyl sites for hydroxylation is 1. The Kier molecular flexibility index (Phi) is 8.42. The van der Waals surface area contributed by atoms with Crippen LogP contribution in [-0.4, -0.2) is 47.0 Å². The predicted octanol–water partition coefficient (Wildman–Crippen LogP) is 0.933. The lowest BCUT2D eigenvalue weighted by Gasteiger charge is -2.11. The Labute approximate surface area is 127 Å². The van der Waals surface area contributed by atoms with Crippen LogP contribution in [0.5, 0.6) is 0 Å². The van der Waals surface area contributed by atoms with Gasteiger partial charge in [0.1, 0.15) is 18.7 Å². The van der Waals surface area contributed by atoms with Gasteiger partial charge in [-0.2, -0.15) is 5.10 Å². The highest BCUT2D eigenvalue weighted by Crippen LogP contribution is 1.94. The zero-order valence-electron chi connectivity index (χ0n) is 13.6. The minimum atomic E-state index is 0.510. The molecule has 0 spiro atoms. The Bertz CT molecular complexity index is 415. The summed E-state index contributed by atoms with van der Waals surface area (Å²) >= 11 is 0. The van der Waals surface area contributed by atoms with Gasteiger partial charge in [0.2, 0.25) is 0 Å². The average molecular weight is 296 g/mol. The number of rotatable bonds is 9. The van der Waals surface area contributed by atoms with E-state index < -0.39 is 0 Å². The number of hydrogen-bond donors (Lipinski definition) is 2. The molecule has 7 nitrogen and oxygen atoms in total. The van der Waals surface area contributed by atoms with Crippen molar-refractivity contribution in [1.29, 1.82) is 0 Å². The SMILES string of the molecule is CCNC(=NCc1ncnn1C)NCCCOCC(C)C. The first-order valence-corrected chi connectivity index (χ1v) is 7.56. The molecular weight excluding hydrogens is 268 g/mol. The second kappa shape index (κ2) is 10.1. The van der Waals surface area contributed by atoms with E-state index in [1.54, 1.807) is 4.68 Å². The molecule has 1 aromatic rings. The topological polar surface area (TPSA) is 76.4 Å². The summed E-state index contributed by atoms with van der Waals surface area (Å²) in [5.41, 5.74) is 0. The summed E-state index contributed by atoms with van der Waals surface area (Å²) in [4.78, 5) is 8.65. The summed E-state index contributed by atoms with van der Waals surface area (Å²) in [5.74, 6) is 2.22. The van der Waals surface area contributed by atoms with E-state index in [0.717, 1.165) is 44.5 Å². The molecule has 120 valence electrons. The van der Waals surface area contributed by atoms with E-state index in [1.807, 2.05) is 14.0 Å². The lowest BCUT2D eigenvalue weighted by atomic mass is 10.2. The molecule has 7 heteroatoms. The lowest BCUT2D eigenvalue weighted by Crippen LogP contribution is -2.38. The monoisotopic (exact) mass is 296 g/mol. The number of ether oxygens (including phenoxy) is 1. The van der Waals surface area contributed by atoms with Crippen molar-refractivity contribution in [2.24, 2.45) is 18.0 Å². The van der Waals surface area contributed by atoms with Crippen LogP contribution >= 0.6 is 0 Å². The Morgan fingerprint density at radius 3 is 2.86 bits per heavy atom. The maximum Gasteiger partial charge on any atom is 0.191 e. The lowest BCUT2D eigenvalue weighted by molar-refractivity contribution is 0.108. The highest BCUT2D eigenvalue weighted by atomic mass is 16.5. The molecule has 1 heterocycles. The molecule has 0 radical (unpaired) electrons. The Morgan fingerprint density at radius 1 is 1.43 bits per heavy atom. The normalized spacial score (nSPS) is 12.0. The van der Waals surface area contributed by atoms with Crippen molar-refractivity contribution in [3.63, 3.8) is 0 Å². The molecule has 0 saturated heterocycles. The minimum Gasteiger partial charge on any atom is -0.381 e. The summed E-state index contributed by atoms with van der Waals surface area (Å²) in [6.45, 7) is 10.1. The first-order valence-electron chi connectivity index (χ1n) is 7.56. The zero-order chi connectivity index (χ0) is 15.5. The van der Waals surface area contributed by atoms with Crippen LogP contribution in [0.1, 0.15) is 33.0 Å².